The van der Waals surface area contributed by atoms with Crippen molar-refractivity contribution in [1.29, 1.82) is 0 Å². The number of hydrogen-bond acceptors (Lipinski definition) is 4. The fraction of sp³-hybridized carbons (Fsp3) is 0.316. The van der Waals surface area contributed by atoms with Crippen molar-refractivity contribution in [1.82, 2.24) is 19.4 Å². The molecular formula is C19H18F3N5O. The monoisotopic (exact) mass is 389 g/mol. The first-order chi connectivity index (χ1) is 13.3. The number of carbonyl (C=O) groups is 1. The normalized spacial score (nSPS) is 15.3. The lowest BCUT2D eigenvalue weighted by atomic mass is 10.2. The highest BCUT2D eigenvalue weighted by Crippen LogP contribution is 2.31. The molecule has 1 aliphatic rings. The van der Waals surface area contributed by atoms with E-state index in [9.17, 15) is 18.0 Å². The topological polar surface area (TPSA) is 54.3 Å². The predicted molar refractivity (Wildman–Crippen MR) is 98.1 cm³/mol. The lowest BCUT2D eigenvalue weighted by Gasteiger charge is -2.35. The summed E-state index contributed by atoms with van der Waals surface area (Å²) in [6.45, 7) is 2.11. The summed E-state index contributed by atoms with van der Waals surface area (Å²) in [5, 5.41) is 0.567. The Labute approximate surface area is 159 Å². The third-order valence-electron chi connectivity index (χ3n) is 4.91. The Bertz CT molecular complexity index is 1020. The largest absolute Gasteiger partial charge is 0.433 e. The Kier molecular flexibility index (Phi) is 4.44. The van der Waals surface area contributed by atoms with Crippen LogP contribution in [0.2, 0.25) is 0 Å². The number of nitrogens with zero attached hydrogens (tertiary/aromatic N) is 5. The second-order valence-corrected chi connectivity index (χ2v) is 6.68. The van der Waals surface area contributed by atoms with Crippen LogP contribution in [0.15, 0.2) is 42.7 Å². The average Bonchev–Trinajstić information content (AvgIpc) is 3.12. The van der Waals surface area contributed by atoms with Crippen molar-refractivity contribution in [3.63, 3.8) is 0 Å². The molecule has 6 nitrogen and oxygen atoms in total. The molecule has 4 rings (SSSR count). The van der Waals surface area contributed by atoms with Gasteiger partial charge in [0.15, 0.2) is 0 Å². The first-order valence-electron chi connectivity index (χ1n) is 8.83. The molecule has 0 atom stereocenters. The summed E-state index contributed by atoms with van der Waals surface area (Å²) in [7, 11) is 1.83. The zero-order valence-electron chi connectivity index (χ0n) is 15.1. The van der Waals surface area contributed by atoms with Crippen LogP contribution >= 0.6 is 0 Å². The first-order valence-corrected chi connectivity index (χ1v) is 8.83. The number of fused-ring (bicyclic) bond motifs is 1. The summed E-state index contributed by atoms with van der Waals surface area (Å²) in [6.07, 6.45) is -1.20. The minimum atomic E-state index is -4.49. The molecule has 4 heterocycles. The molecule has 1 amide bonds. The molecule has 3 aromatic rings. The molecule has 0 spiro atoms. The minimum absolute atomic E-state index is 0.0329. The van der Waals surface area contributed by atoms with E-state index >= 15 is 0 Å². The lowest BCUT2D eigenvalue weighted by Crippen LogP contribution is -2.49. The molecule has 28 heavy (non-hydrogen) atoms. The Balaban J connectivity index is 1.54. The van der Waals surface area contributed by atoms with Crippen molar-refractivity contribution in [3.8, 4) is 0 Å². The SMILES string of the molecule is Cn1cccc1C(=O)N1CCN(c2nccc3nc(C(F)(F)F)ccc23)CC1. The van der Waals surface area contributed by atoms with E-state index in [1.807, 2.05) is 24.2 Å². The zero-order valence-corrected chi connectivity index (χ0v) is 15.1. The van der Waals surface area contributed by atoms with E-state index in [-0.39, 0.29) is 11.4 Å². The molecule has 3 aromatic heterocycles. The van der Waals surface area contributed by atoms with Crippen molar-refractivity contribution >= 4 is 22.6 Å². The molecule has 9 heteroatoms. The van der Waals surface area contributed by atoms with Crippen molar-refractivity contribution < 1.29 is 18.0 Å². The van der Waals surface area contributed by atoms with E-state index in [2.05, 4.69) is 9.97 Å². The molecule has 1 fully saturated rings. The Morgan fingerprint density at radius 3 is 2.46 bits per heavy atom. The standard InChI is InChI=1S/C19H18F3N5O/c1-25-8-2-3-15(25)18(28)27-11-9-26(10-12-27)17-13-4-5-16(19(20,21)22)24-14(13)6-7-23-17/h2-8H,9-12H2,1H3. The number of aromatic nitrogens is 3. The maximum Gasteiger partial charge on any atom is 0.433 e. The quantitative estimate of drug-likeness (QED) is 0.676. The van der Waals surface area contributed by atoms with Crippen LogP contribution < -0.4 is 4.90 Å². The summed E-state index contributed by atoms with van der Waals surface area (Å²) in [6, 6.07) is 7.47. The Morgan fingerprint density at radius 1 is 1.07 bits per heavy atom. The molecular weight excluding hydrogens is 371 g/mol. The van der Waals surface area contributed by atoms with Crippen molar-refractivity contribution in [3.05, 3.63) is 54.1 Å². The summed E-state index contributed by atoms with van der Waals surface area (Å²) in [5.74, 6) is 0.555. The summed E-state index contributed by atoms with van der Waals surface area (Å²) >= 11 is 0. The lowest BCUT2D eigenvalue weighted by molar-refractivity contribution is -0.140. The average molecular weight is 389 g/mol. The van der Waals surface area contributed by atoms with Gasteiger partial charge in [-0.25, -0.2) is 9.97 Å². The summed E-state index contributed by atoms with van der Waals surface area (Å²) in [4.78, 5) is 24.5. The van der Waals surface area contributed by atoms with Crippen LogP contribution in [0.1, 0.15) is 16.2 Å². The molecule has 0 radical (unpaired) electrons. The van der Waals surface area contributed by atoms with E-state index in [0.29, 0.717) is 43.1 Å². The molecule has 0 aromatic carbocycles. The second-order valence-electron chi connectivity index (χ2n) is 6.68. The van der Waals surface area contributed by atoms with Crippen LogP contribution in [-0.2, 0) is 13.2 Å². The third-order valence-corrected chi connectivity index (χ3v) is 4.91. The number of piperazine rings is 1. The summed E-state index contributed by atoms with van der Waals surface area (Å²) in [5.41, 5.74) is -0.0436. The van der Waals surface area contributed by atoms with E-state index in [0.717, 1.165) is 6.07 Å². The van der Waals surface area contributed by atoms with Gasteiger partial charge in [0.05, 0.1) is 5.52 Å². The van der Waals surface area contributed by atoms with Gasteiger partial charge in [-0.3, -0.25) is 4.79 Å². The maximum absolute atomic E-state index is 12.9. The van der Waals surface area contributed by atoms with Gasteiger partial charge in [-0.1, -0.05) is 0 Å². The second kappa shape index (κ2) is 6.81. The van der Waals surface area contributed by atoms with Crippen LogP contribution in [0, 0.1) is 0 Å². The highest BCUT2D eigenvalue weighted by molar-refractivity contribution is 5.93. The van der Waals surface area contributed by atoms with Crippen LogP contribution in [0.25, 0.3) is 10.9 Å². The highest BCUT2D eigenvalue weighted by atomic mass is 19.4. The minimum Gasteiger partial charge on any atom is -0.353 e. The number of anilines is 1. The molecule has 1 aliphatic heterocycles. The van der Waals surface area contributed by atoms with E-state index in [1.165, 1.54) is 18.3 Å². The number of alkyl halides is 3. The molecule has 0 N–H and O–H groups in total. The van der Waals surface area contributed by atoms with Crippen LogP contribution in [0.3, 0.4) is 0 Å². The van der Waals surface area contributed by atoms with Gasteiger partial charge in [-0.15, -0.1) is 0 Å². The van der Waals surface area contributed by atoms with Crippen molar-refractivity contribution in [2.45, 2.75) is 6.18 Å². The number of halogens is 3. The molecule has 146 valence electrons. The maximum atomic E-state index is 12.9. The number of rotatable bonds is 2. The fourth-order valence-electron chi connectivity index (χ4n) is 3.42. The van der Waals surface area contributed by atoms with E-state index < -0.39 is 11.9 Å². The van der Waals surface area contributed by atoms with E-state index in [4.69, 9.17) is 0 Å². The van der Waals surface area contributed by atoms with Crippen LogP contribution in [0.5, 0.6) is 0 Å². The number of amides is 1. The van der Waals surface area contributed by atoms with Gasteiger partial charge < -0.3 is 14.4 Å². The van der Waals surface area contributed by atoms with Crippen LogP contribution in [-0.4, -0.2) is 51.5 Å². The van der Waals surface area contributed by atoms with Gasteiger partial charge in [0.25, 0.3) is 5.91 Å². The highest BCUT2D eigenvalue weighted by Gasteiger charge is 2.33. The van der Waals surface area contributed by atoms with Gasteiger partial charge in [0.2, 0.25) is 0 Å². The van der Waals surface area contributed by atoms with Crippen molar-refractivity contribution in [2.24, 2.45) is 7.05 Å². The number of carbonyl (C=O) groups excluding carboxylic acids is 1. The number of aryl methyl sites for hydroxylation is 1. The molecule has 0 saturated carbocycles. The van der Waals surface area contributed by atoms with E-state index in [1.54, 1.807) is 15.5 Å². The van der Waals surface area contributed by atoms with Gasteiger partial charge >= 0.3 is 6.18 Å². The molecule has 0 unspecified atom stereocenters. The fourth-order valence-corrected chi connectivity index (χ4v) is 3.42. The Morgan fingerprint density at radius 2 is 1.82 bits per heavy atom. The predicted octanol–water partition coefficient (Wildman–Crippen LogP) is 2.95. The zero-order chi connectivity index (χ0) is 19.9. The van der Waals surface area contributed by atoms with Gasteiger partial charge in [-0.2, -0.15) is 13.2 Å². The van der Waals surface area contributed by atoms with Gasteiger partial charge in [-0.05, 0) is 30.3 Å². The molecule has 1 saturated heterocycles. The number of pyridine rings is 2. The smallest absolute Gasteiger partial charge is 0.353 e. The van der Waals surface area contributed by atoms with Crippen molar-refractivity contribution in [2.75, 3.05) is 31.1 Å². The van der Waals surface area contributed by atoms with Gasteiger partial charge in [0, 0.05) is 51.0 Å². The first kappa shape index (κ1) is 18.3. The summed E-state index contributed by atoms with van der Waals surface area (Å²) < 4.78 is 40.5. The molecule has 0 bridgehead atoms. The van der Waals surface area contributed by atoms with Gasteiger partial charge in [0.1, 0.15) is 17.2 Å². The van der Waals surface area contributed by atoms with Crippen LogP contribution in [0.4, 0.5) is 19.0 Å². The Hall–Kier alpha value is -3.10. The number of hydrogen-bond donors (Lipinski definition) is 0. The molecule has 0 aliphatic carbocycles. The third kappa shape index (κ3) is 3.28.